The zero-order valence-electron chi connectivity index (χ0n) is 17.7. The molecule has 1 aromatic heterocycles. The number of methoxy groups -OCH3 is 1. The number of carbonyl (C=O) groups is 1. The zero-order chi connectivity index (χ0) is 21.9. The lowest BCUT2D eigenvalue weighted by molar-refractivity contribution is -0.140. The largest absolute Gasteiger partial charge is 0.469 e. The molecule has 7 nitrogen and oxygen atoms in total. The van der Waals surface area contributed by atoms with E-state index in [9.17, 15) is 20.1 Å². The smallest absolute Gasteiger partial charge is 0.305 e. The molecule has 0 aliphatic rings. The van der Waals surface area contributed by atoms with Crippen LogP contribution in [0.15, 0.2) is 30.3 Å². The van der Waals surface area contributed by atoms with Gasteiger partial charge in [-0.2, -0.15) is 0 Å². The van der Waals surface area contributed by atoms with Crippen LogP contribution in [0.2, 0.25) is 0 Å². The molecule has 30 heavy (non-hydrogen) atoms. The van der Waals surface area contributed by atoms with Gasteiger partial charge in [0.25, 0.3) is 0 Å². The summed E-state index contributed by atoms with van der Waals surface area (Å²) in [6.07, 6.45) is 4.56. The predicted molar refractivity (Wildman–Crippen MR) is 116 cm³/mol. The molecule has 0 aliphatic carbocycles. The van der Waals surface area contributed by atoms with Gasteiger partial charge in [0.2, 0.25) is 0 Å². The highest BCUT2D eigenvalue weighted by molar-refractivity contribution is 5.75. The minimum Gasteiger partial charge on any atom is -0.469 e. The van der Waals surface area contributed by atoms with Crippen LogP contribution in [0.1, 0.15) is 69.4 Å². The van der Waals surface area contributed by atoms with Crippen LogP contribution in [0.3, 0.4) is 0 Å². The van der Waals surface area contributed by atoms with Crippen molar-refractivity contribution in [2.24, 2.45) is 0 Å². The number of esters is 1. The van der Waals surface area contributed by atoms with Crippen LogP contribution in [-0.4, -0.2) is 50.6 Å². The van der Waals surface area contributed by atoms with Gasteiger partial charge in [0.05, 0.1) is 47.8 Å². The van der Waals surface area contributed by atoms with Crippen molar-refractivity contribution < 1.29 is 24.9 Å². The second-order valence-corrected chi connectivity index (χ2v) is 7.38. The highest BCUT2D eigenvalue weighted by Gasteiger charge is 2.18. The number of nitrogens with zero attached hydrogens (tertiary/aromatic N) is 2. The Morgan fingerprint density at radius 3 is 2.43 bits per heavy atom. The molecule has 0 aliphatic heterocycles. The first-order chi connectivity index (χ1) is 14.5. The molecule has 0 fully saturated rings. The number of hydrogen-bond donors (Lipinski definition) is 3. The summed E-state index contributed by atoms with van der Waals surface area (Å²) in [5, 5.41) is 31.1. The van der Waals surface area contributed by atoms with Crippen LogP contribution < -0.4 is 0 Å². The SMILES string of the molecule is CCCCC[C@@H](O)c1nc2ccccc2nc1/C=C/[C@@H](O)[C@@H](O)CCCC(=O)OC. The Kier molecular flexibility index (Phi) is 9.86. The predicted octanol–water partition coefficient (Wildman–Crippen LogP) is 3.32. The fraction of sp³-hybridized carbons (Fsp3) is 0.522. The van der Waals surface area contributed by atoms with Crippen LogP contribution >= 0.6 is 0 Å². The van der Waals surface area contributed by atoms with E-state index in [1.807, 2.05) is 24.3 Å². The van der Waals surface area contributed by atoms with Gasteiger partial charge in [0.1, 0.15) is 0 Å². The second kappa shape index (κ2) is 12.4. The van der Waals surface area contributed by atoms with Gasteiger partial charge >= 0.3 is 5.97 Å². The summed E-state index contributed by atoms with van der Waals surface area (Å²) in [5.74, 6) is -0.347. The van der Waals surface area contributed by atoms with Crippen LogP contribution in [-0.2, 0) is 9.53 Å². The monoisotopic (exact) mass is 416 g/mol. The Balaban J connectivity index is 2.15. The fourth-order valence-electron chi connectivity index (χ4n) is 3.17. The third kappa shape index (κ3) is 7.16. The number of para-hydroxylation sites is 2. The maximum Gasteiger partial charge on any atom is 0.305 e. The molecule has 0 bridgehead atoms. The average molecular weight is 417 g/mol. The van der Waals surface area contributed by atoms with Gasteiger partial charge in [-0.25, -0.2) is 9.97 Å². The Bertz CT molecular complexity index is 839. The average Bonchev–Trinajstić information content (AvgIpc) is 2.76. The summed E-state index contributed by atoms with van der Waals surface area (Å²) in [7, 11) is 1.31. The lowest BCUT2D eigenvalue weighted by Gasteiger charge is -2.15. The maximum atomic E-state index is 11.2. The molecular formula is C23H32N2O5. The summed E-state index contributed by atoms with van der Waals surface area (Å²) in [5.41, 5.74) is 2.32. The number of unbranched alkanes of at least 4 members (excludes halogenated alkanes) is 2. The van der Waals surface area contributed by atoms with E-state index >= 15 is 0 Å². The van der Waals surface area contributed by atoms with Gasteiger partial charge in [0, 0.05) is 6.42 Å². The third-order valence-electron chi connectivity index (χ3n) is 4.98. The minimum absolute atomic E-state index is 0.189. The van der Waals surface area contributed by atoms with E-state index < -0.39 is 18.3 Å². The van der Waals surface area contributed by atoms with Crippen molar-refractivity contribution in [3.05, 3.63) is 41.7 Å². The Morgan fingerprint density at radius 1 is 1.07 bits per heavy atom. The molecule has 1 aromatic carbocycles. The van der Waals surface area contributed by atoms with Crippen molar-refractivity contribution >= 4 is 23.1 Å². The van der Waals surface area contributed by atoms with Crippen LogP contribution in [0.25, 0.3) is 17.1 Å². The van der Waals surface area contributed by atoms with E-state index in [1.54, 1.807) is 6.08 Å². The summed E-state index contributed by atoms with van der Waals surface area (Å²) in [6, 6.07) is 7.42. The second-order valence-electron chi connectivity index (χ2n) is 7.38. The van der Waals surface area contributed by atoms with Crippen molar-refractivity contribution in [2.75, 3.05) is 7.11 Å². The zero-order valence-corrected chi connectivity index (χ0v) is 17.7. The van der Waals surface area contributed by atoms with Gasteiger partial charge in [0.15, 0.2) is 0 Å². The molecule has 1 heterocycles. The Labute approximate surface area is 177 Å². The van der Waals surface area contributed by atoms with Gasteiger partial charge in [-0.15, -0.1) is 0 Å². The van der Waals surface area contributed by atoms with Gasteiger partial charge in [-0.05, 0) is 37.5 Å². The lowest BCUT2D eigenvalue weighted by atomic mass is 10.0. The fourth-order valence-corrected chi connectivity index (χ4v) is 3.17. The number of aliphatic hydroxyl groups excluding tert-OH is 3. The van der Waals surface area contributed by atoms with Crippen molar-refractivity contribution in [1.82, 2.24) is 9.97 Å². The van der Waals surface area contributed by atoms with Crippen LogP contribution in [0, 0.1) is 0 Å². The number of aromatic nitrogens is 2. The third-order valence-corrected chi connectivity index (χ3v) is 4.98. The topological polar surface area (TPSA) is 113 Å². The summed E-state index contributed by atoms with van der Waals surface area (Å²) < 4.78 is 4.57. The number of benzene rings is 1. The van der Waals surface area contributed by atoms with Gasteiger partial charge in [-0.1, -0.05) is 44.4 Å². The molecule has 2 aromatic rings. The minimum atomic E-state index is -1.12. The molecule has 0 amide bonds. The summed E-state index contributed by atoms with van der Waals surface area (Å²) >= 11 is 0. The van der Waals surface area contributed by atoms with Crippen molar-refractivity contribution in [2.45, 2.75) is 70.2 Å². The number of carbonyl (C=O) groups excluding carboxylic acids is 1. The van der Waals surface area contributed by atoms with E-state index in [0.29, 0.717) is 35.3 Å². The highest BCUT2D eigenvalue weighted by atomic mass is 16.5. The Hall–Kier alpha value is -2.35. The molecule has 0 radical (unpaired) electrons. The first-order valence-electron chi connectivity index (χ1n) is 10.5. The van der Waals surface area contributed by atoms with E-state index in [0.717, 1.165) is 19.3 Å². The first kappa shape index (κ1) is 23.9. The van der Waals surface area contributed by atoms with Crippen molar-refractivity contribution in [1.29, 1.82) is 0 Å². The van der Waals surface area contributed by atoms with Crippen molar-refractivity contribution in [3.63, 3.8) is 0 Å². The van der Waals surface area contributed by atoms with E-state index in [4.69, 9.17) is 0 Å². The number of rotatable bonds is 12. The quantitative estimate of drug-likeness (QED) is 0.359. The van der Waals surface area contributed by atoms with Gasteiger partial charge < -0.3 is 20.1 Å². The molecule has 164 valence electrons. The standard InChI is InChI=1S/C23H32N2O5/c1-3-4-5-11-21(28)23-18(24-16-9-6-7-10-17(16)25-23)14-15-20(27)19(26)12-8-13-22(29)30-2/h6-7,9-10,14-15,19-21,26-28H,3-5,8,11-13H2,1-2H3/b15-14+/t19-,20+,21+/m0/s1. The number of hydrogen-bond acceptors (Lipinski definition) is 7. The van der Waals surface area contributed by atoms with E-state index in [2.05, 4.69) is 21.6 Å². The molecule has 3 atom stereocenters. The first-order valence-corrected chi connectivity index (χ1v) is 10.5. The molecule has 0 saturated heterocycles. The van der Waals surface area contributed by atoms with Crippen LogP contribution in [0.4, 0.5) is 0 Å². The number of fused-ring (bicyclic) bond motifs is 1. The van der Waals surface area contributed by atoms with Gasteiger partial charge in [-0.3, -0.25) is 4.79 Å². The maximum absolute atomic E-state index is 11.2. The molecule has 0 unspecified atom stereocenters. The molecule has 7 heteroatoms. The lowest BCUT2D eigenvalue weighted by Crippen LogP contribution is -2.23. The van der Waals surface area contributed by atoms with Crippen molar-refractivity contribution in [3.8, 4) is 0 Å². The Morgan fingerprint density at radius 2 is 1.77 bits per heavy atom. The summed E-state index contributed by atoms with van der Waals surface area (Å²) in [6.45, 7) is 2.11. The highest BCUT2D eigenvalue weighted by Crippen LogP contribution is 2.24. The molecule has 3 N–H and O–H groups in total. The number of aliphatic hydroxyl groups is 3. The molecule has 0 spiro atoms. The van der Waals surface area contributed by atoms with E-state index in [1.165, 1.54) is 13.2 Å². The number of ether oxygens (including phenoxy) is 1. The van der Waals surface area contributed by atoms with Crippen LogP contribution in [0.5, 0.6) is 0 Å². The molecular weight excluding hydrogens is 384 g/mol. The van der Waals surface area contributed by atoms with E-state index in [-0.39, 0.29) is 18.8 Å². The summed E-state index contributed by atoms with van der Waals surface area (Å²) in [4.78, 5) is 20.3. The molecule has 0 saturated carbocycles. The molecule has 2 rings (SSSR count). The normalized spacial score (nSPS) is 14.7.